The number of benzene rings is 1. The molecule has 0 aliphatic rings. The van der Waals surface area contributed by atoms with Gasteiger partial charge in [-0.2, -0.15) is 0 Å². The van der Waals surface area contributed by atoms with Gasteiger partial charge in [-0.25, -0.2) is 4.79 Å². The van der Waals surface area contributed by atoms with Crippen LogP contribution in [0.5, 0.6) is 0 Å². The number of nitrogens with one attached hydrogen (secondary N) is 2. The van der Waals surface area contributed by atoms with Crippen molar-refractivity contribution in [2.24, 2.45) is 0 Å². The predicted octanol–water partition coefficient (Wildman–Crippen LogP) is 2.19. The van der Waals surface area contributed by atoms with Gasteiger partial charge in [-0.15, -0.1) is 0 Å². The maximum absolute atomic E-state index is 10.9. The van der Waals surface area contributed by atoms with E-state index in [1.54, 1.807) is 31.2 Å². The Labute approximate surface area is 105 Å². The van der Waals surface area contributed by atoms with Gasteiger partial charge in [0.15, 0.2) is 6.23 Å². The van der Waals surface area contributed by atoms with Crippen molar-refractivity contribution in [2.45, 2.75) is 20.1 Å². The van der Waals surface area contributed by atoms with Crippen LogP contribution in [-0.4, -0.2) is 25.4 Å². The Morgan fingerprint density at radius 2 is 1.94 bits per heavy atom. The Morgan fingerprint density at radius 3 is 2.56 bits per heavy atom. The van der Waals surface area contributed by atoms with Gasteiger partial charge >= 0.3 is 6.16 Å². The molecule has 1 aromatic carbocycles. The molecule has 0 radical (unpaired) electrons. The standard InChI is InChI=1S/C12H16N2O4/c1-8(15)13-10-5-4-6-11(7-10)14-9(2)18-12(16)17-3/h4-7,9,14H,1-3H3,(H,13,15). The van der Waals surface area contributed by atoms with Crippen LogP contribution in [0.25, 0.3) is 0 Å². The summed E-state index contributed by atoms with van der Waals surface area (Å²) in [5.74, 6) is -0.147. The lowest BCUT2D eigenvalue weighted by atomic mass is 10.2. The normalized spacial score (nSPS) is 11.3. The van der Waals surface area contributed by atoms with E-state index in [2.05, 4.69) is 15.4 Å². The van der Waals surface area contributed by atoms with Crippen molar-refractivity contribution in [2.75, 3.05) is 17.7 Å². The van der Waals surface area contributed by atoms with Gasteiger partial charge in [0.05, 0.1) is 7.11 Å². The largest absolute Gasteiger partial charge is 0.509 e. The fourth-order valence-electron chi connectivity index (χ4n) is 1.35. The highest BCUT2D eigenvalue weighted by molar-refractivity contribution is 5.89. The van der Waals surface area contributed by atoms with Crippen LogP contribution in [0.3, 0.4) is 0 Å². The summed E-state index contributed by atoms with van der Waals surface area (Å²) >= 11 is 0. The highest BCUT2D eigenvalue weighted by Gasteiger charge is 2.08. The van der Waals surface area contributed by atoms with Gasteiger partial charge in [-0.05, 0) is 25.1 Å². The minimum Gasteiger partial charge on any atom is -0.438 e. The van der Waals surface area contributed by atoms with Gasteiger partial charge < -0.3 is 20.1 Å². The number of carbonyl (C=O) groups is 2. The molecular formula is C12H16N2O4. The molecule has 0 bridgehead atoms. The zero-order valence-corrected chi connectivity index (χ0v) is 10.5. The number of ether oxygens (including phenoxy) is 2. The molecule has 0 spiro atoms. The predicted molar refractivity (Wildman–Crippen MR) is 67.3 cm³/mol. The smallest absolute Gasteiger partial charge is 0.438 e. The monoisotopic (exact) mass is 252 g/mol. The zero-order valence-electron chi connectivity index (χ0n) is 10.5. The Kier molecular flexibility index (Phi) is 4.98. The molecule has 0 aromatic heterocycles. The van der Waals surface area contributed by atoms with Crippen LogP contribution in [0, 0.1) is 0 Å². The van der Waals surface area contributed by atoms with E-state index >= 15 is 0 Å². The molecule has 1 aromatic rings. The van der Waals surface area contributed by atoms with Crippen molar-refractivity contribution in [1.29, 1.82) is 0 Å². The van der Waals surface area contributed by atoms with Gasteiger partial charge in [-0.3, -0.25) is 4.79 Å². The lowest BCUT2D eigenvalue weighted by Crippen LogP contribution is -2.23. The van der Waals surface area contributed by atoms with Crippen molar-refractivity contribution >= 4 is 23.4 Å². The highest BCUT2D eigenvalue weighted by Crippen LogP contribution is 2.16. The van der Waals surface area contributed by atoms with Gasteiger partial charge in [0.25, 0.3) is 0 Å². The van der Waals surface area contributed by atoms with E-state index in [9.17, 15) is 9.59 Å². The molecule has 0 saturated heterocycles. The average Bonchev–Trinajstić information content (AvgIpc) is 2.28. The quantitative estimate of drug-likeness (QED) is 0.634. The van der Waals surface area contributed by atoms with Crippen LogP contribution >= 0.6 is 0 Å². The van der Waals surface area contributed by atoms with E-state index in [-0.39, 0.29) is 5.91 Å². The molecule has 0 heterocycles. The SMILES string of the molecule is COC(=O)OC(C)Nc1cccc(NC(C)=O)c1. The fourth-order valence-corrected chi connectivity index (χ4v) is 1.35. The summed E-state index contributed by atoms with van der Waals surface area (Å²) in [7, 11) is 1.24. The second-order valence-electron chi connectivity index (χ2n) is 3.62. The number of rotatable bonds is 4. The van der Waals surface area contributed by atoms with Crippen molar-refractivity contribution < 1.29 is 19.1 Å². The van der Waals surface area contributed by atoms with Crippen molar-refractivity contribution in [3.05, 3.63) is 24.3 Å². The molecule has 6 heteroatoms. The van der Waals surface area contributed by atoms with Gasteiger partial charge in [-0.1, -0.05) is 6.07 Å². The number of hydrogen-bond donors (Lipinski definition) is 2. The minimum absolute atomic E-state index is 0.147. The van der Waals surface area contributed by atoms with Crippen LogP contribution in [0.1, 0.15) is 13.8 Å². The van der Waals surface area contributed by atoms with E-state index in [4.69, 9.17) is 4.74 Å². The van der Waals surface area contributed by atoms with Gasteiger partial charge in [0.2, 0.25) is 5.91 Å². The van der Waals surface area contributed by atoms with Crippen molar-refractivity contribution in [3.8, 4) is 0 Å². The Morgan fingerprint density at radius 1 is 1.28 bits per heavy atom. The average molecular weight is 252 g/mol. The molecule has 0 fully saturated rings. The fraction of sp³-hybridized carbons (Fsp3) is 0.333. The summed E-state index contributed by atoms with van der Waals surface area (Å²) in [5.41, 5.74) is 1.38. The first-order valence-electron chi connectivity index (χ1n) is 5.40. The van der Waals surface area contributed by atoms with E-state index in [1.165, 1.54) is 14.0 Å². The first-order valence-corrected chi connectivity index (χ1v) is 5.40. The lowest BCUT2D eigenvalue weighted by Gasteiger charge is -2.15. The second-order valence-corrected chi connectivity index (χ2v) is 3.62. The first-order chi connectivity index (χ1) is 8.51. The van der Waals surface area contributed by atoms with E-state index < -0.39 is 12.4 Å². The maximum atomic E-state index is 10.9. The molecule has 6 nitrogen and oxygen atoms in total. The second kappa shape index (κ2) is 6.48. The zero-order chi connectivity index (χ0) is 13.5. The Hall–Kier alpha value is -2.24. The molecule has 1 rings (SSSR count). The third-order valence-corrected chi connectivity index (χ3v) is 1.99. The summed E-state index contributed by atoms with van der Waals surface area (Å²) in [6.07, 6.45) is -1.29. The molecule has 18 heavy (non-hydrogen) atoms. The Balaban J connectivity index is 2.61. The Bertz CT molecular complexity index is 434. The van der Waals surface area contributed by atoms with Gasteiger partial charge in [0.1, 0.15) is 0 Å². The number of amides is 1. The summed E-state index contributed by atoms with van der Waals surface area (Å²) < 4.78 is 9.24. The number of methoxy groups -OCH3 is 1. The van der Waals surface area contributed by atoms with Crippen LogP contribution in [-0.2, 0) is 14.3 Å². The van der Waals surface area contributed by atoms with Crippen LogP contribution in [0.4, 0.5) is 16.2 Å². The van der Waals surface area contributed by atoms with Gasteiger partial charge in [0, 0.05) is 18.3 Å². The lowest BCUT2D eigenvalue weighted by molar-refractivity contribution is -0.114. The molecule has 0 aliphatic heterocycles. The molecule has 1 unspecified atom stereocenters. The van der Waals surface area contributed by atoms with Crippen molar-refractivity contribution in [1.82, 2.24) is 0 Å². The summed E-state index contributed by atoms with van der Waals surface area (Å²) in [5, 5.41) is 5.61. The van der Waals surface area contributed by atoms with E-state index in [1.807, 2.05) is 0 Å². The van der Waals surface area contributed by atoms with E-state index in [0.717, 1.165) is 5.69 Å². The molecule has 1 amide bonds. The van der Waals surface area contributed by atoms with Crippen molar-refractivity contribution in [3.63, 3.8) is 0 Å². The third-order valence-electron chi connectivity index (χ3n) is 1.99. The molecular weight excluding hydrogens is 236 g/mol. The molecule has 2 N–H and O–H groups in total. The molecule has 0 saturated carbocycles. The highest BCUT2D eigenvalue weighted by atomic mass is 16.7. The molecule has 0 aliphatic carbocycles. The molecule has 1 atom stereocenters. The topological polar surface area (TPSA) is 76.7 Å². The summed E-state index contributed by atoms with van der Waals surface area (Å²) in [4.78, 5) is 21.8. The molecule has 98 valence electrons. The third kappa shape index (κ3) is 4.73. The van der Waals surface area contributed by atoms with Crippen LogP contribution in [0.2, 0.25) is 0 Å². The summed E-state index contributed by atoms with van der Waals surface area (Å²) in [6.45, 7) is 3.10. The van der Waals surface area contributed by atoms with Crippen LogP contribution in [0.15, 0.2) is 24.3 Å². The number of hydrogen-bond acceptors (Lipinski definition) is 5. The number of anilines is 2. The van der Waals surface area contributed by atoms with Crippen LogP contribution < -0.4 is 10.6 Å². The summed E-state index contributed by atoms with van der Waals surface area (Å²) in [6, 6.07) is 7.07. The maximum Gasteiger partial charge on any atom is 0.509 e. The minimum atomic E-state index is -0.756. The van der Waals surface area contributed by atoms with E-state index in [0.29, 0.717) is 5.69 Å². The number of carbonyl (C=O) groups excluding carboxylic acids is 2. The first kappa shape index (κ1) is 13.8.